The molecule has 0 aliphatic carbocycles. The SMILES string of the molecule is CC(C)(C)Nc1cnnc(NCc2ccc(F)cc2)n1. The monoisotopic (exact) mass is 275 g/mol. The number of nitrogens with zero attached hydrogens (tertiary/aromatic N) is 3. The summed E-state index contributed by atoms with van der Waals surface area (Å²) >= 11 is 0. The largest absolute Gasteiger partial charge is 0.364 e. The summed E-state index contributed by atoms with van der Waals surface area (Å²) in [6.07, 6.45) is 1.58. The third-order valence-electron chi connectivity index (χ3n) is 2.43. The van der Waals surface area contributed by atoms with Crippen molar-refractivity contribution in [2.45, 2.75) is 32.9 Å². The van der Waals surface area contributed by atoms with Crippen LogP contribution in [-0.4, -0.2) is 20.7 Å². The highest BCUT2D eigenvalue weighted by Crippen LogP contribution is 2.12. The van der Waals surface area contributed by atoms with Crippen LogP contribution in [-0.2, 0) is 6.54 Å². The fourth-order valence-corrected chi connectivity index (χ4v) is 1.61. The normalized spacial score (nSPS) is 11.2. The number of aromatic nitrogens is 3. The van der Waals surface area contributed by atoms with Gasteiger partial charge in [-0.3, -0.25) is 0 Å². The molecule has 106 valence electrons. The highest BCUT2D eigenvalue weighted by molar-refractivity contribution is 5.39. The second kappa shape index (κ2) is 5.81. The maximum atomic E-state index is 12.8. The fourth-order valence-electron chi connectivity index (χ4n) is 1.61. The van der Waals surface area contributed by atoms with E-state index in [0.717, 1.165) is 5.56 Å². The highest BCUT2D eigenvalue weighted by Gasteiger charge is 2.11. The minimum Gasteiger partial charge on any atom is -0.364 e. The summed E-state index contributed by atoms with van der Waals surface area (Å²) in [6.45, 7) is 6.64. The zero-order valence-corrected chi connectivity index (χ0v) is 11.8. The quantitative estimate of drug-likeness (QED) is 0.898. The Morgan fingerprint density at radius 3 is 2.50 bits per heavy atom. The Balaban J connectivity index is 1.99. The molecular weight excluding hydrogens is 257 g/mol. The molecule has 1 heterocycles. The van der Waals surface area contributed by atoms with E-state index in [9.17, 15) is 4.39 Å². The van der Waals surface area contributed by atoms with Crippen molar-refractivity contribution in [1.29, 1.82) is 0 Å². The summed E-state index contributed by atoms with van der Waals surface area (Å²) in [7, 11) is 0. The minimum absolute atomic E-state index is 0.0930. The first-order valence-corrected chi connectivity index (χ1v) is 6.39. The zero-order chi connectivity index (χ0) is 14.6. The Morgan fingerprint density at radius 1 is 1.15 bits per heavy atom. The van der Waals surface area contributed by atoms with Gasteiger partial charge in [0.05, 0.1) is 6.20 Å². The molecule has 0 radical (unpaired) electrons. The first-order chi connectivity index (χ1) is 9.42. The van der Waals surface area contributed by atoms with Gasteiger partial charge < -0.3 is 10.6 Å². The molecule has 0 amide bonds. The Bertz CT molecular complexity index is 563. The number of benzene rings is 1. The van der Waals surface area contributed by atoms with Crippen LogP contribution in [0.5, 0.6) is 0 Å². The molecule has 0 unspecified atom stereocenters. The van der Waals surface area contributed by atoms with E-state index in [0.29, 0.717) is 18.3 Å². The molecule has 0 aliphatic rings. The summed E-state index contributed by atoms with van der Waals surface area (Å²) in [5.41, 5.74) is 0.855. The van der Waals surface area contributed by atoms with Crippen LogP contribution >= 0.6 is 0 Å². The summed E-state index contributed by atoms with van der Waals surface area (Å²) in [4.78, 5) is 4.32. The van der Waals surface area contributed by atoms with Crippen LogP contribution in [0.3, 0.4) is 0 Å². The van der Waals surface area contributed by atoms with Gasteiger partial charge in [-0.2, -0.15) is 10.1 Å². The van der Waals surface area contributed by atoms with Crippen LogP contribution in [0.25, 0.3) is 0 Å². The van der Waals surface area contributed by atoms with Gasteiger partial charge in [0.2, 0.25) is 5.95 Å². The average molecular weight is 275 g/mol. The topological polar surface area (TPSA) is 62.7 Å². The fraction of sp³-hybridized carbons (Fsp3) is 0.357. The van der Waals surface area contributed by atoms with Gasteiger partial charge >= 0.3 is 0 Å². The number of hydrogen-bond donors (Lipinski definition) is 2. The van der Waals surface area contributed by atoms with Crippen molar-refractivity contribution in [2.24, 2.45) is 0 Å². The average Bonchev–Trinajstić information content (AvgIpc) is 2.36. The van der Waals surface area contributed by atoms with Gasteiger partial charge in [-0.15, -0.1) is 5.10 Å². The molecule has 2 rings (SSSR count). The number of rotatable bonds is 4. The molecule has 6 heteroatoms. The van der Waals surface area contributed by atoms with Crippen molar-refractivity contribution in [3.63, 3.8) is 0 Å². The lowest BCUT2D eigenvalue weighted by Gasteiger charge is -2.20. The lowest BCUT2D eigenvalue weighted by Crippen LogP contribution is -2.27. The lowest BCUT2D eigenvalue weighted by molar-refractivity contribution is 0.627. The molecule has 0 aliphatic heterocycles. The smallest absolute Gasteiger partial charge is 0.244 e. The number of nitrogens with one attached hydrogen (secondary N) is 2. The third kappa shape index (κ3) is 4.46. The summed E-state index contributed by atoms with van der Waals surface area (Å²) < 4.78 is 12.8. The highest BCUT2D eigenvalue weighted by atomic mass is 19.1. The van der Waals surface area contributed by atoms with E-state index in [-0.39, 0.29) is 11.4 Å². The lowest BCUT2D eigenvalue weighted by atomic mass is 10.1. The van der Waals surface area contributed by atoms with Crippen molar-refractivity contribution < 1.29 is 4.39 Å². The van der Waals surface area contributed by atoms with Crippen LogP contribution < -0.4 is 10.6 Å². The molecule has 0 saturated carbocycles. The van der Waals surface area contributed by atoms with E-state index in [4.69, 9.17) is 0 Å². The second-order valence-electron chi connectivity index (χ2n) is 5.52. The molecule has 0 saturated heterocycles. The van der Waals surface area contributed by atoms with Gasteiger partial charge in [0, 0.05) is 12.1 Å². The molecular formula is C14H18FN5. The van der Waals surface area contributed by atoms with Crippen LogP contribution in [0.1, 0.15) is 26.3 Å². The van der Waals surface area contributed by atoms with Gasteiger partial charge in [-0.25, -0.2) is 4.39 Å². The van der Waals surface area contributed by atoms with E-state index < -0.39 is 0 Å². The summed E-state index contributed by atoms with van der Waals surface area (Å²) in [5.74, 6) is 0.848. The van der Waals surface area contributed by atoms with Gasteiger partial charge in [-0.05, 0) is 38.5 Å². The molecule has 2 N–H and O–H groups in total. The van der Waals surface area contributed by atoms with E-state index >= 15 is 0 Å². The van der Waals surface area contributed by atoms with E-state index in [2.05, 4.69) is 25.8 Å². The van der Waals surface area contributed by atoms with E-state index in [1.165, 1.54) is 12.1 Å². The third-order valence-corrected chi connectivity index (χ3v) is 2.43. The Hall–Kier alpha value is -2.24. The molecule has 2 aromatic rings. The molecule has 5 nitrogen and oxygen atoms in total. The Morgan fingerprint density at radius 2 is 1.85 bits per heavy atom. The van der Waals surface area contributed by atoms with Gasteiger partial charge in [0.25, 0.3) is 0 Å². The zero-order valence-electron chi connectivity index (χ0n) is 11.8. The van der Waals surface area contributed by atoms with Crippen molar-refractivity contribution in [2.75, 3.05) is 10.6 Å². The van der Waals surface area contributed by atoms with E-state index in [1.807, 2.05) is 20.8 Å². The summed E-state index contributed by atoms with van der Waals surface area (Å²) in [6, 6.07) is 6.28. The van der Waals surface area contributed by atoms with Crippen molar-refractivity contribution in [3.8, 4) is 0 Å². The first kappa shape index (κ1) is 14.2. The van der Waals surface area contributed by atoms with Gasteiger partial charge in [-0.1, -0.05) is 12.1 Å². The summed E-state index contributed by atoms with van der Waals surface area (Å²) in [5, 5.41) is 14.1. The predicted molar refractivity (Wildman–Crippen MR) is 76.9 cm³/mol. The van der Waals surface area contributed by atoms with Crippen molar-refractivity contribution in [1.82, 2.24) is 15.2 Å². The molecule has 1 aromatic carbocycles. The molecule has 0 spiro atoms. The van der Waals surface area contributed by atoms with Crippen LogP contribution in [0.15, 0.2) is 30.5 Å². The maximum Gasteiger partial charge on any atom is 0.244 e. The predicted octanol–water partition coefficient (Wildman–Crippen LogP) is 2.83. The van der Waals surface area contributed by atoms with Crippen LogP contribution in [0.2, 0.25) is 0 Å². The molecule has 1 aromatic heterocycles. The van der Waals surface area contributed by atoms with Crippen molar-refractivity contribution >= 4 is 11.8 Å². The number of halogens is 1. The van der Waals surface area contributed by atoms with Crippen molar-refractivity contribution in [3.05, 3.63) is 41.8 Å². The molecule has 0 bridgehead atoms. The maximum absolute atomic E-state index is 12.8. The van der Waals surface area contributed by atoms with Crippen LogP contribution in [0, 0.1) is 5.82 Å². The second-order valence-corrected chi connectivity index (χ2v) is 5.52. The standard InChI is InChI=1S/C14H18FN5/c1-14(2,3)19-12-9-17-20-13(18-12)16-8-10-4-6-11(15)7-5-10/h4-7,9H,8H2,1-3H3,(H2,16,18,19,20). The molecule has 0 fully saturated rings. The minimum atomic E-state index is -0.247. The van der Waals surface area contributed by atoms with Crippen LogP contribution in [0.4, 0.5) is 16.2 Å². The van der Waals surface area contributed by atoms with Gasteiger partial charge in [0.15, 0.2) is 5.82 Å². The first-order valence-electron chi connectivity index (χ1n) is 6.39. The molecule has 20 heavy (non-hydrogen) atoms. The Kier molecular flexibility index (Phi) is 4.12. The Labute approximate surface area is 117 Å². The number of hydrogen-bond acceptors (Lipinski definition) is 5. The van der Waals surface area contributed by atoms with E-state index in [1.54, 1.807) is 18.3 Å². The molecule has 0 atom stereocenters. The number of anilines is 2. The van der Waals surface area contributed by atoms with Gasteiger partial charge in [0.1, 0.15) is 5.82 Å².